The summed E-state index contributed by atoms with van der Waals surface area (Å²) in [5.41, 5.74) is -0.477. The molecule has 7 nitrogen and oxygen atoms in total. The van der Waals surface area contributed by atoms with Gasteiger partial charge in [-0.1, -0.05) is 27.7 Å². The molecule has 38 heavy (non-hydrogen) atoms. The number of esters is 2. The summed E-state index contributed by atoms with van der Waals surface area (Å²) in [4.78, 5) is 24.2. The maximum atomic E-state index is 12.5. The fourth-order valence-electron chi connectivity index (χ4n) is 10.9. The maximum absolute atomic E-state index is 12.5. The second kappa shape index (κ2) is 9.17. The molecule has 0 aromatic rings. The molecule has 0 unspecified atom stereocenters. The molecule has 1 spiro atoms. The molecule has 4 saturated carbocycles. The van der Waals surface area contributed by atoms with Gasteiger partial charge in [-0.2, -0.15) is 0 Å². The van der Waals surface area contributed by atoms with E-state index in [-0.39, 0.29) is 47.3 Å². The molecule has 0 aromatic heterocycles. The molecule has 0 bridgehead atoms. The van der Waals surface area contributed by atoms with Crippen LogP contribution in [-0.4, -0.2) is 53.9 Å². The van der Waals surface area contributed by atoms with Gasteiger partial charge in [0.2, 0.25) is 0 Å². The lowest BCUT2D eigenvalue weighted by Gasteiger charge is -2.64. The Kier molecular flexibility index (Phi) is 6.52. The van der Waals surface area contributed by atoms with Crippen molar-refractivity contribution in [2.45, 2.75) is 123 Å². The summed E-state index contributed by atoms with van der Waals surface area (Å²) >= 11 is 0. The van der Waals surface area contributed by atoms with Crippen molar-refractivity contribution in [2.24, 2.45) is 52.3 Å². The van der Waals surface area contributed by atoms with Crippen LogP contribution in [-0.2, 0) is 28.5 Å². The van der Waals surface area contributed by atoms with Crippen LogP contribution in [0.15, 0.2) is 0 Å². The van der Waals surface area contributed by atoms with Crippen molar-refractivity contribution in [1.82, 2.24) is 0 Å². The largest absolute Gasteiger partial charge is 0.463 e. The number of hydrogen-bond acceptors (Lipinski definition) is 7. The van der Waals surface area contributed by atoms with E-state index in [0.717, 1.165) is 58.0 Å². The Labute approximate surface area is 227 Å². The molecule has 7 heteroatoms. The highest BCUT2D eigenvalue weighted by Crippen LogP contribution is 2.71. The number of carbonyl (C=O) groups is 2. The summed E-state index contributed by atoms with van der Waals surface area (Å²) in [6.07, 6.45) is 6.41. The fraction of sp³-hybridized carbons (Fsp3) is 0.935. The SMILES string of the molecule is CC(=O)O[C@H]1CC[C@@]2(C)[C@@H](CC[C@@H]3[C@@H]2[C@H](OC(C)=O)[C@@H](O)[C@]2(C)[C@@H]4[C@H](C[C@@H]32)O[C@]2(CC[C@@H](C)CO2)[C@H]4C)C1. The first-order chi connectivity index (χ1) is 17.9. The zero-order chi connectivity index (χ0) is 27.2. The van der Waals surface area contributed by atoms with Gasteiger partial charge in [-0.15, -0.1) is 0 Å². The first kappa shape index (κ1) is 27.0. The molecule has 2 saturated heterocycles. The number of hydrogen-bond donors (Lipinski definition) is 1. The molecule has 4 aliphatic carbocycles. The van der Waals surface area contributed by atoms with Gasteiger partial charge < -0.3 is 24.1 Å². The lowest BCUT2D eigenvalue weighted by atomic mass is 9.42. The number of aliphatic hydroxyl groups is 1. The molecule has 14 atom stereocenters. The molecule has 0 aromatic carbocycles. The smallest absolute Gasteiger partial charge is 0.303 e. The van der Waals surface area contributed by atoms with E-state index in [2.05, 4.69) is 27.7 Å². The third kappa shape index (κ3) is 3.77. The molecule has 6 aliphatic rings. The molecule has 6 rings (SSSR count). The van der Waals surface area contributed by atoms with Crippen LogP contribution in [0.2, 0.25) is 0 Å². The highest BCUT2D eigenvalue weighted by Gasteiger charge is 2.74. The minimum Gasteiger partial charge on any atom is -0.463 e. The van der Waals surface area contributed by atoms with Crippen molar-refractivity contribution < 1.29 is 33.6 Å². The Bertz CT molecular complexity index is 958. The highest BCUT2D eigenvalue weighted by molar-refractivity contribution is 5.66. The Hall–Kier alpha value is -1.18. The molecule has 6 fully saturated rings. The van der Waals surface area contributed by atoms with Gasteiger partial charge in [0.1, 0.15) is 12.2 Å². The van der Waals surface area contributed by atoms with Gasteiger partial charge in [0.05, 0.1) is 18.8 Å². The van der Waals surface area contributed by atoms with Crippen molar-refractivity contribution in [2.75, 3.05) is 6.61 Å². The van der Waals surface area contributed by atoms with E-state index in [4.69, 9.17) is 18.9 Å². The number of aliphatic hydroxyl groups excluding tert-OH is 1. The maximum Gasteiger partial charge on any atom is 0.303 e. The number of carbonyl (C=O) groups excluding carboxylic acids is 2. The quantitative estimate of drug-likeness (QED) is 0.507. The number of fused-ring (bicyclic) bond motifs is 7. The molecule has 214 valence electrons. The average Bonchev–Trinajstić information content (AvgIpc) is 3.29. The number of rotatable bonds is 2. The van der Waals surface area contributed by atoms with Gasteiger partial charge >= 0.3 is 11.9 Å². The van der Waals surface area contributed by atoms with Crippen LogP contribution in [0.3, 0.4) is 0 Å². The van der Waals surface area contributed by atoms with E-state index in [1.165, 1.54) is 13.8 Å². The van der Waals surface area contributed by atoms with E-state index >= 15 is 0 Å². The van der Waals surface area contributed by atoms with Crippen LogP contribution >= 0.6 is 0 Å². The third-order valence-corrected chi connectivity index (χ3v) is 12.6. The molecule has 2 aliphatic heterocycles. The van der Waals surface area contributed by atoms with Gasteiger partial charge in [0.15, 0.2) is 5.79 Å². The minimum atomic E-state index is -0.752. The highest BCUT2D eigenvalue weighted by atomic mass is 16.7. The lowest BCUT2D eigenvalue weighted by molar-refractivity contribution is -0.279. The summed E-state index contributed by atoms with van der Waals surface area (Å²) in [6.45, 7) is 12.8. The van der Waals surface area contributed by atoms with E-state index in [1.54, 1.807) is 0 Å². The zero-order valence-corrected chi connectivity index (χ0v) is 24.1. The van der Waals surface area contributed by atoms with Crippen LogP contribution in [0, 0.1) is 52.3 Å². The van der Waals surface area contributed by atoms with Crippen LogP contribution in [0.5, 0.6) is 0 Å². The third-order valence-electron chi connectivity index (χ3n) is 12.6. The van der Waals surface area contributed by atoms with Gasteiger partial charge in [0, 0.05) is 43.4 Å². The Morgan fingerprint density at radius 3 is 2.32 bits per heavy atom. The van der Waals surface area contributed by atoms with E-state index in [0.29, 0.717) is 23.7 Å². The van der Waals surface area contributed by atoms with Gasteiger partial charge in [-0.3, -0.25) is 9.59 Å². The minimum absolute atomic E-state index is 0.0393. The second-order valence-electron chi connectivity index (χ2n) is 14.4. The van der Waals surface area contributed by atoms with Crippen molar-refractivity contribution in [3.63, 3.8) is 0 Å². The Morgan fingerprint density at radius 1 is 0.921 bits per heavy atom. The Morgan fingerprint density at radius 2 is 1.66 bits per heavy atom. The summed E-state index contributed by atoms with van der Waals surface area (Å²) in [5.74, 6) is 0.948. The normalized spacial score (nSPS) is 55.4. The predicted molar refractivity (Wildman–Crippen MR) is 140 cm³/mol. The first-order valence-corrected chi connectivity index (χ1v) is 15.2. The van der Waals surface area contributed by atoms with Crippen molar-refractivity contribution in [3.8, 4) is 0 Å². The zero-order valence-electron chi connectivity index (χ0n) is 24.1. The molecule has 2 heterocycles. The van der Waals surface area contributed by atoms with Crippen LogP contribution in [0.25, 0.3) is 0 Å². The molecular weight excluding hydrogens is 484 g/mol. The predicted octanol–water partition coefficient (Wildman–Crippen LogP) is 4.88. The van der Waals surface area contributed by atoms with Crippen molar-refractivity contribution >= 4 is 11.9 Å². The van der Waals surface area contributed by atoms with E-state index in [1.807, 2.05) is 0 Å². The van der Waals surface area contributed by atoms with Gasteiger partial charge in [0.25, 0.3) is 0 Å². The van der Waals surface area contributed by atoms with Crippen LogP contribution < -0.4 is 0 Å². The summed E-state index contributed by atoms with van der Waals surface area (Å²) in [6, 6.07) is 0. The van der Waals surface area contributed by atoms with E-state index < -0.39 is 23.4 Å². The molecular formula is C31H48O7. The molecule has 1 N–H and O–H groups in total. The average molecular weight is 533 g/mol. The van der Waals surface area contributed by atoms with E-state index in [9.17, 15) is 14.7 Å². The standard InChI is InChI=1S/C31H48O7/c1-16-9-12-31(35-15-16)17(2)25-24(38-31)14-23-22-8-7-20-13-21(36-18(3)32)10-11-29(20,5)26(22)27(37-19(4)33)28(34)30(23,25)6/h16-17,20-28,34H,7-15H2,1-6H3/t16-,17+,20+,21+,22+,23+,24+,25+,26-,27+,28-,29+,30+,31-/m1/s1. The summed E-state index contributed by atoms with van der Waals surface area (Å²) < 4.78 is 25.1. The lowest BCUT2D eigenvalue weighted by Crippen LogP contribution is -2.66. The first-order valence-electron chi connectivity index (χ1n) is 15.2. The van der Waals surface area contributed by atoms with Crippen LogP contribution in [0.1, 0.15) is 92.9 Å². The van der Waals surface area contributed by atoms with Crippen LogP contribution in [0.4, 0.5) is 0 Å². The molecule has 0 amide bonds. The van der Waals surface area contributed by atoms with Gasteiger partial charge in [-0.25, -0.2) is 0 Å². The second-order valence-corrected chi connectivity index (χ2v) is 14.4. The Balaban J connectivity index is 1.33. The monoisotopic (exact) mass is 532 g/mol. The topological polar surface area (TPSA) is 91.3 Å². The van der Waals surface area contributed by atoms with Gasteiger partial charge in [-0.05, 0) is 74.0 Å². The number of ether oxygens (including phenoxy) is 4. The fourth-order valence-corrected chi connectivity index (χ4v) is 10.9. The molecule has 0 radical (unpaired) electrons. The summed E-state index contributed by atoms with van der Waals surface area (Å²) in [7, 11) is 0. The summed E-state index contributed by atoms with van der Waals surface area (Å²) in [5, 5.41) is 12.3. The van der Waals surface area contributed by atoms with Crippen molar-refractivity contribution in [3.05, 3.63) is 0 Å². The van der Waals surface area contributed by atoms with Crippen molar-refractivity contribution in [1.29, 1.82) is 0 Å².